The highest BCUT2D eigenvalue weighted by Crippen LogP contribution is 2.10. The van der Waals surface area contributed by atoms with Gasteiger partial charge in [0.05, 0.1) is 12.8 Å². The summed E-state index contributed by atoms with van der Waals surface area (Å²) in [6, 6.07) is 0. The third kappa shape index (κ3) is 6.44. The molecule has 0 unspecified atom stereocenters. The van der Waals surface area contributed by atoms with E-state index in [1.165, 1.54) is 0 Å². The van der Waals surface area contributed by atoms with Crippen molar-refractivity contribution in [1.29, 1.82) is 0 Å². The molecule has 0 spiro atoms. The van der Waals surface area contributed by atoms with Crippen LogP contribution in [-0.2, 0) is 17.6 Å². The van der Waals surface area contributed by atoms with Gasteiger partial charge in [-0.05, 0) is 12.3 Å². The van der Waals surface area contributed by atoms with Gasteiger partial charge in [0.25, 0.3) is 0 Å². The lowest BCUT2D eigenvalue weighted by Crippen LogP contribution is -2.21. The minimum Gasteiger partial charge on any atom is -0.446 e. The Balaban J connectivity index is 2.17. The van der Waals surface area contributed by atoms with Crippen molar-refractivity contribution < 1.29 is 9.15 Å². The summed E-state index contributed by atoms with van der Waals surface area (Å²) in [5.74, 6) is 2.54. The molecule has 0 bridgehead atoms. The summed E-state index contributed by atoms with van der Waals surface area (Å²) in [6.07, 6.45) is 4.83. The van der Waals surface area contributed by atoms with Crippen molar-refractivity contribution in [3.63, 3.8) is 0 Å². The Labute approximate surface area is 104 Å². The molecule has 1 N–H and O–H groups in total. The fourth-order valence-corrected chi connectivity index (χ4v) is 1.50. The molecule has 0 aromatic carbocycles. The molecule has 0 aliphatic heterocycles. The molecule has 17 heavy (non-hydrogen) atoms. The van der Waals surface area contributed by atoms with Gasteiger partial charge in [-0.25, -0.2) is 4.98 Å². The maximum absolute atomic E-state index is 5.66. The van der Waals surface area contributed by atoms with Gasteiger partial charge >= 0.3 is 0 Å². The summed E-state index contributed by atoms with van der Waals surface area (Å²) in [7, 11) is 1.71. The van der Waals surface area contributed by atoms with E-state index < -0.39 is 0 Å². The first kappa shape index (κ1) is 14.2. The molecule has 1 heterocycles. The van der Waals surface area contributed by atoms with Gasteiger partial charge in [-0.15, -0.1) is 0 Å². The summed E-state index contributed by atoms with van der Waals surface area (Å²) in [5.41, 5.74) is 0. The second-order valence-corrected chi connectivity index (χ2v) is 4.65. The number of hydrogen-bond donors (Lipinski definition) is 1. The molecule has 4 heteroatoms. The number of rotatable bonds is 9. The molecule has 0 saturated carbocycles. The van der Waals surface area contributed by atoms with Gasteiger partial charge < -0.3 is 14.5 Å². The third-order valence-corrected chi connectivity index (χ3v) is 2.57. The molecular weight excluding hydrogens is 216 g/mol. The maximum Gasteiger partial charge on any atom is 0.195 e. The average Bonchev–Trinajstić information content (AvgIpc) is 2.74. The van der Waals surface area contributed by atoms with E-state index in [0.717, 1.165) is 50.6 Å². The van der Waals surface area contributed by atoms with E-state index in [9.17, 15) is 0 Å². The Morgan fingerprint density at radius 3 is 2.88 bits per heavy atom. The number of oxazole rings is 1. The molecule has 98 valence electrons. The lowest BCUT2D eigenvalue weighted by atomic mass is 10.1. The Kier molecular flexibility index (Phi) is 6.89. The number of nitrogens with zero attached hydrogens (tertiary/aromatic N) is 1. The van der Waals surface area contributed by atoms with E-state index in [-0.39, 0.29) is 0 Å². The van der Waals surface area contributed by atoms with Gasteiger partial charge in [0.15, 0.2) is 5.89 Å². The minimum absolute atomic E-state index is 0.708. The molecule has 0 amide bonds. The minimum atomic E-state index is 0.708. The molecule has 0 fully saturated rings. The zero-order valence-corrected chi connectivity index (χ0v) is 11.2. The molecule has 4 nitrogen and oxygen atoms in total. The number of hydrogen-bond acceptors (Lipinski definition) is 4. The lowest BCUT2D eigenvalue weighted by molar-refractivity contribution is 0.199. The van der Waals surface area contributed by atoms with Crippen LogP contribution in [-0.4, -0.2) is 31.8 Å². The van der Waals surface area contributed by atoms with Crippen molar-refractivity contribution >= 4 is 0 Å². The van der Waals surface area contributed by atoms with Crippen LogP contribution in [0.3, 0.4) is 0 Å². The first-order valence-electron chi connectivity index (χ1n) is 6.35. The topological polar surface area (TPSA) is 47.3 Å². The molecule has 0 saturated heterocycles. The van der Waals surface area contributed by atoms with Gasteiger partial charge in [0, 0.05) is 33.0 Å². The molecule has 1 rings (SSSR count). The van der Waals surface area contributed by atoms with Crippen LogP contribution in [0.25, 0.3) is 0 Å². The molecule has 1 aromatic rings. The van der Waals surface area contributed by atoms with Crippen LogP contribution in [0.2, 0.25) is 0 Å². The first-order valence-corrected chi connectivity index (χ1v) is 6.35. The zero-order chi connectivity index (χ0) is 12.5. The second kappa shape index (κ2) is 8.25. The normalized spacial score (nSPS) is 11.3. The molecule has 0 atom stereocenters. The average molecular weight is 240 g/mol. The van der Waals surface area contributed by atoms with Crippen molar-refractivity contribution in [2.24, 2.45) is 5.92 Å². The Morgan fingerprint density at radius 1 is 1.35 bits per heavy atom. The maximum atomic E-state index is 5.66. The van der Waals surface area contributed by atoms with Crippen LogP contribution >= 0.6 is 0 Å². The predicted molar refractivity (Wildman–Crippen MR) is 68.1 cm³/mol. The van der Waals surface area contributed by atoms with Gasteiger partial charge in [-0.1, -0.05) is 13.8 Å². The van der Waals surface area contributed by atoms with Crippen molar-refractivity contribution in [1.82, 2.24) is 10.3 Å². The highest BCUT2D eigenvalue weighted by Gasteiger charge is 2.04. The largest absolute Gasteiger partial charge is 0.446 e. The van der Waals surface area contributed by atoms with E-state index in [1.807, 2.05) is 6.20 Å². The fourth-order valence-electron chi connectivity index (χ4n) is 1.50. The summed E-state index contributed by atoms with van der Waals surface area (Å²) < 4.78 is 10.6. The Bertz CT molecular complexity index is 297. The van der Waals surface area contributed by atoms with E-state index in [0.29, 0.717) is 5.92 Å². The standard InChI is InChI=1S/C13H24N2O2/c1-11(2)4-5-12-10-15-13(17-12)6-7-14-8-9-16-3/h10-11,14H,4-9H2,1-3H3. The number of nitrogens with one attached hydrogen (secondary N) is 1. The fraction of sp³-hybridized carbons (Fsp3) is 0.769. The van der Waals surface area contributed by atoms with Gasteiger partial charge in [-0.2, -0.15) is 0 Å². The molecular formula is C13H24N2O2. The van der Waals surface area contributed by atoms with Crippen molar-refractivity contribution in [3.05, 3.63) is 17.8 Å². The van der Waals surface area contributed by atoms with Gasteiger partial charge in [0.1, 0.15) is 5.76 Å². The number of methoxy groups -OCH3 is 1. The Morgan fingerprint density at radius 2 is 2.18 bits per heavy atom. The molecule has 0 aliphatic carbocycles. The van der Waals surface area contributed by atoms with Gasteiger partial charge in [0.2, 0.25) is 0 Å². The van der Waals surface area contributed by atoms with E-state index in [1.54, 1.807) is 7.11 Å². The van der Waals surface area contributed by atoms with Crippen molar-refractivity contribution in [2.45, 2.75) is 33.1 Å². The lowest BCUT2D eigenvalue weighted by Gasteiger charge is -2.02. The summed E-state index contributed by atoms with van der Waals surface area (Å²) >= 11 is 0. The van der Waals surface area contributed by atoms with E-state index >= 15 is 0 Å². The van der Waals surface area contributed by atoms with Crippen LogP contribution in [0, 0.1) is 5.92 Å². The van der Waals surface area contributed by atoms with Crippen LogP contribution in [0.15, 0.2) is 10.6 Å². The van der Waals surface area contributed by atoms with Crippen molar-refractivity contribution in [2.75, 3.05) is 26.8 Å². The van der Waals surface area contributed by atoms with Crippen LogP contribution < -0.4 is 5.32 Å². The zero-order valence-electron chi connectivity index (χ0n) is 11.2. The highest BCUT2D eigenvalue weighted by atomic mass is 16.5. The number of ether oxygens (including phenoxy) is 1. The third-order valence-electron chi connectivity index (χ3n) is 2.57. The van der Waals surface area contributed by atoms with Gasteiger partial charge in [-0.3, -0.25) is 0 Å². The smallest absolute Gasteiger partial charge is 0.195 e. The van der Waals surface area contributed by atoms with Crippen LogP contribution in [0.5, 0.6) is 0 Å². The van der Waals surface area contributed by atoms with Crippen molar-refractivity contribution in [3.8, 4) is 0 Å². The first-order chi connectivity index (χ1) is 8.22. The van der Waals surface area contributed by atoms with E-state index in [4.69, 9.17) is 9.15 Å². The summed E-state index contributed by atoms with van der Waals surface area (Å²) in [6.45, 7) is 6.93. The second-order valence-electron chi connectivity index (χ2n) is 4.65. The number of aromatic nitrogens is 1. The summed E-state index contributed by atoms with van der Waals surface area (Å²) in [5, 5.41) is 3.27. The highest BCUT2D eigenvalue weighted by molar-refractivity contribution is 4.94. The summed E-state index contributed by atoms with van der Waals surface area (Å²) in [4.78, 5) is 4.27. The molecule has 0 aliphatic rings. The van der Waals surface area contributed by atoms with Crippen LogP contribution in [0.4, 0.5) is 0 Å². The monoisotopic (exact) mass is 240 g/mol. The molecule has 0 radical (unpaired) electrons. The SMILES string of the molecule is COCCNCCc1ncc(CCC(C)C)o1. The molecule has 1 aromatic heterocycles. The van der Waals surface area contributed by atoms with Crippen LogP contribution in [0.1, 0.15) is 31.9 Å². The predicted octanol–water partition coefficient (Wildman–Crippen LogP) is 2.04. The Hall–Kier alpha value is -0.870. The van der Waals surface area contributed by atoms with E-state index in [2.05, 4.69) is 24.1 Å². The number of aryl methyl sites for hydroxylation is 1. The quantitative estimate of drug-likeness (QED) is 0.671.